The molecule has 0 fully saturated rings. The predicted molar refractivity (Wildman–Crippen MR) is 186 cm³/mol. The number of hydrogen-bond acceptors (Lipinski definition) is 8. The van der Waals surface area contributed by atoms with Gasteiger partial charge in [0.25, 0.3) is 15.9 Å². The van der Waals surface area contributed by atoms with E-state index in [1.165, 1.54) is 14.2 Å². The van der Waals surface area contributed by atoms with Crippen LogP contribution < -0.4 is 20.1 Å². The molecule has 12 nitrogen and oxygen atoms in total. The van der Waals surface area contributed by atoms with Crippen molar-refractivity contribution in [3.8, 4) is 16.9 Å². The molecule has 0 saturated carbocycles. The molecule has 4 N–H and O–H groups in total. The van der Waals surface area contributed by atoms with Crippen molar-refractivity contribution < 1.29 is 32.3 Å². The first-order valence-electron chi connectivity index (χ1n) is 16.2. The molecule has 2 amide bonds. The van der Waals surface area contributed by atoms with Gasteiger partial charge in [-0.3, -0.25) is 15.0 Å². The Bertz CT molecular complexity index is 1850. The number of carbonyl (C=O) groups is 2. The first-order valence-corrected chi connectivity index (χ1v) is 17.7. The molecule has 3 aromatic rings. The van der Waals surface area contributed by atoms with Crippen LogP contribution in [-0.2, 0) is 30.8 Å². The van der Waals surface area contributed by atoms with Gasteiger partial charge in [0.15, 0.2) is 0 Å². The number of benzene rings is 3. The summed E-state index contributed by atoms with van der Waals surface area (Å²) in [5.74, 6) is -0.310. The number of amides is 2. The van der Waals surface area contributed by atoms with Gasteiger partial charge in [-0.15, -0.1) is 0 Å². The van der Waals surface area contributed by atoms with Crippen LogP contribution in [0.5, 0.6) is 5.75 Å². The molecule has 0 unspecified atom stereocenters. The van der Waals surface area contributed by atoms with Crippen molar-refractivity contribution >= 4 is 28.0 Å². The number of sulfonamides is 1. The van der Waals surface area contributed by atoms with E-state index in [0.29, 0.717) is 24.0 Å². The zero-order valence-corrected chi connectivity index (χ0v) is 29.8. The minimum atomic E-state index is -4.09. The zero-order chi connectivity index (χ0) is 35.7. The maximum Gasteiger partial charge on any atom is 0.407 e. The van der Waals surface area contributed by atoms with Gasteiger partial charge in [-0.1, -0.05) is 48.5 Å². The lowest BCUT2D eigenvalue weighted by Crippen LogP contribution is -2.48. The minimum absolute atomic E-state index is 0.0905. The highest BCUT2D eigenvalue weighted by molar-refractivity contribution is 7.90. The Morgan fingerprint density at radius 1 is 1.02 bits per heavy atom. The number of hydroxylamine groups is 2. The van der Waals surface area contributed by atoms with Gasteiger partial charge >= 0.3 is 6.09 Å². The molecule has 1 heterocycles. The van der Waals surface area contributed by atoms with E-state index in [0.717, 1.165) is 44.2 Å². The van der Waals surface area contributed by atoms with E-state index in [4.69, 9.17) is 19.7 Å². The third kappa shape index (κ3) is 7.37. The molecule has 1 aliphatic carbocycles. The van der Waals surface area contributed by atoms with Crippen molar-refractivity contribution in [2.75, 3.05) is 27.3 Å². The van der Waals surface area contributed by atoms with Crippen molar-refractivity contribution in [1.29, 1.82) is 5.41 Å². The van der Waals surface area contributed by atoms with Crippen LogP contribution in [0.25, 0.3) is 11.1 Å². The number of alkyl carbamates (subject to hydrolysis) is 1. The highest BCUT2D eigenvalue weighted by Crippen LogP contribution is 2.45. The summed E-state index contributed by atoms with van der Waals surface area (Å²) < 4.78 is 41.1. The predicted octanol–water partition coefficient (Wildman–Crippen LogP) is 4.84. The van der Waals surface area contributed by atoms with Crippen molar-refractivity contribution in [2.24, 2.45) is 0 Å². The number of hydrogen-bond donors (Lipinski definition) is 4. The number of nitrogens with one attached hydrogen (secondary N) is 4. The molecule has 5 rings (SSSR count). The van der Waals surface area contributed by atoms with Gasteiger partial charge in [0.2, 0.25) is 5.96 Å². The maximum absolute atomic E-state index is 13.5. The summed E-state index contributed by atoms with van der Waals surface area (Å²) in [6, 6.07) is 15.0. The molecule has 1 aliphatic heterocycles. The monoisotopic (exact) mass is 691 g/mol. The smallest absolute Gasteiger partial charge is 0.407 e. The third-order valence-electron chi connectivity index (χ3n) is 9.29. The van der Waals surface area contributed by atoms with E-state index < -0.39 is 39.6 Å². The van der Waals surface area contributed by atoms with Crippen molar-refractivity contribution in [2.45, 2.75) is 76.3 Å². The van der Waals surface area contributed by atoms with E-state index in [1.54, 1.807) is 13.8 Å². The van der Waals surface area contributed by atoms with Crippen molar-refractivity contribution in [3.05, 3.63) is 81.9 Å². The fourth-order valence-corrected chi connectivity index (χ4v) is 8.26. The Balaban J connectivity index is 1.17. The number of ether oxygens (including phenoxy) is 2. The van der Waals surface area contributed by atoms with Crippen molar-refractivity contribution in [3.63, 3.8) is 0 Å². The Kier molecular flexibility index (Phi) is 10.3. The summed E-state index contributed by atoms with van der Waals surface area (Å²) in [5.41, 5.74) is 6.70. The van der Waals surface area contributed by atoms with E-state index in [2.05, 4.69) is 15.4 Å². The lowest BCUT2D eigenvalue weighted by molar-refractivity contribution is -0.171. The minimum Gasteiger partial charge on any atom is -0.487 e. The van der Waals surface area contributed by atoms with Crippen LogP contribution in [0.4, 0.5) is 4.79 Å². The van der Waals surface area contributed by atoms with Crippen LogP contribution >= 0.6 is 0 Å². The molecule has 3 aromatic carbocycles. The quantitative estimate of drug-likeness (QED) is 0.0963. The van der Waals surface area contributed by atoms with E-state index in [-0.39, 0.29) is 30.4 Å². The lowest BCUT2D eigenvalue weighted by atomic mass is 9.94. The summed E-state index contributed by atoms with van der Waals surface area (Å²) in [4.78, 5) is 31.2. The number of nitrogens with zero attached hydrogens (tertiary/aromatic N) is 1. The largest absolute Gasteiger partial charge is 0.487 e. The van der Waals surface area contributed by atoms with Gasteiger partial charge in [-0.2, -0.15) is 0 Å². The second kappa shape index (κ2) is 14.1. The Morgan fingerprint density at radius 3 is 2.24 bits per heavy atom. The van der Waals surface area contributed by atoms with Crippen LogP contribution in [0.3, 0.4) is 0 Å². The zero-order valence-electron chi connectivity index (χ0n) is 29.0. The van der Waals surface area contributed by atoms with E-state index >= 15 is 0 Å². The number of fused-ring (bicyclic) bond motifs is 4. The first kappa shape index (κ1) is 35.7. The first-order chi connectivity index (χ1) is 23.1. The van der Waals surface area contributed by atoms with E-state index in [1.807, 2.05) is 69.3 Å². The molecule has 0 bridgehead atoms. The maximum atomic E-state index is 13.5. The molecular weight excluding hydrogens is 646 g/mol. The summed E-state index contributed by atoms with van der Waals surface area (Å²) in [7, 11) is -1.31. The summed E-state index contributed by atoms with van der Waals surface area (Å²) in [5, 5.41) is 14.8. The molecule has 0 radical (unpaired) electrons. The standard InChI is InChI=1S/C36H45N5O7S/c1-21-22(2)32(23(3)28-19-36(4,5)48-31(21)28)49(44,45)40-34(37)38-18-12-17-30(33(42)41(6)46-7)39-35(43)47-20-29-26-15-10-8-13-24(26)25-14-9-11-16-27(25)29/h8-11,13-16,29-30H,12,17-20H2,1-7H3,(H,39,43)(H3,37,38,40)/t30-/m0/s1. The Morgan fingerprint density at radius 2 is 1.63 bits per heavy atom. The molecule has 1 atom stereocenters. The number of carbonyl (C=O) groups excluding carboxylic acids is 2. The molecule has 0 aromatic heterocycles. The highest BCUT2D eigenvalue weighted by atomic mass is 32.2. The van der Waals surface area contributed by atoms with Crippen LogP contribution in [0.1, 0.15) is 66.0 Å². The fraction of sp³-hybridized carbons (Fsp3) is 0.417. The summed E-state index contributed by atoms with van der Waals surface area (Å²) in [6.45, 7) is 9.51. The molecule has 262 valence electrons. The molecule has 49 heavy (non-hydrogen) atoms. The molecule has 13 heteroatoms. The van der Waals surface area contributed by atoms with Gasteiger partial charge < -0.3 is 20.1 Å². The second-order valence-corrected chi connectivity index (χ2v) is 14.8. The number of rotatable bonds is 11. The summed E-state index contributed by atoms with van der Waals surface area (Å²) in [6.07, 6.45) is 0.309. The molecular formula is C36H45N5O7S. The van der Waals surface area contributed by atoms with Crippen LogP contribution in [-0.4, -0.2) is 70.4 Å². The van der Waals surface area contributed by atoms with Crippen LogP contribution in [0, 0.1) is 26.2 Å². The van der Waals surface area contributed by atoms with Crippen LogP contribution in [0.2, 0.25) is 0 Å². The van der Waals surface area contributed by atoms with E-state index in [9.17, 15) is 18.0 Å². The molecule has 0 spiro atoms. The third-order valence-corrected chi connectivity index (χ3v) is 10.9. The molecule has 2 aliphatic rings. The van der Waals surface area contributed by atoms with Gasteiger partial charge in [-0.25, -0.2) is 23.0 Å². The van der Waals surface area contributed by atoms with Gasteiger partial charge in [0, 0.05) is 31.5 Å². The average Bonchev–Trinajstić information content (AvgIpc) is 3.57. The number of likely N-dealkylation sites (N-methyl/N-ethyl adjacent to an activating group) is 1. The van der Waals surface area contributed by atoms with Gasteiger partial charge in [0.05, 0.1) is 12.0 Å². The Hall–Kier alpha value is -4.62. The Labute approximate surface area is 288 Å². The van der Waals surface area contributed by atoms with Gasteiger partial charge in [0.1, 0.15) is 24.0 Å². The average molecular weight is 692 g/mol. The van der Waals surface area contributed by atoms with Crippen LogP contribution in [0.15, 0.2) is 53.4 Å². The topological polar surface area (TPSA) is 159 Å². The second-order valence-electron chi connectivity index (χ2n) is 13.1. The highest BCUT2D eigenvalue weighted by Gasteiger charge is 2.37. The number of guanidine groups is 1. The van der Waals surface area contributed by atoms with Gasteiger partial charge in [-0.05, 0) is 86.4 Å². The SMILES string of the molecule is CON(C)C(=O)[C@H](CCCNC(=N)NS(=O)(=O)c1c(C)c(C)c2c(c1C)CC(C)(C)O2)NC(=O)OCC1c2ccccc2-c2ccccc21. The molecule has 0 saturated heterocycles. The fourth-order valence-electron chi connectivity index (χ4n) is 6.74. The summed E-state index contributed by atoms with van der Waals surface area (Å²) >= 11 is 0. The van der Waals surface area contributed by atoms with Crippen molar-refractivity contribution in [1.82, 2.24) is 20.4 Å². The lowest BCUT2D eigenvalue weighted by Gasteiger charge is -2.23. The normalized spacial score (nSPS) is 14.9.